The largest absolute Gasteiger partial charge is 0.497 e. The molecule has 0 unspecified atom stereocenters. The second kappa shape index (κ2) is 10.5. The highest BCUT2D eigenvalue weighted by atomic mass is 16.5. The summed E-state index contributed by atoms with van der Waals surface area (Å²) in [6.45, 7) is 6.74. The summed E-state index contributed by atoms with van der Waals surface area (Å²) < 4.78 is 5.21. The first-order chi connectivity index (χ1) is 13.5. The molecule has 0 heterocycles. The minimum absolute atomic E-state index is 0.0560. The molecule has 2 rings (SSSR count). The van der Waals surface area contributed by atoms with E-state index in [2.05, 4.69) is 5.32 Å². The summed E-state index contributed by atoms with van der Waals surface area (Å²) in [4.78, 5) is 27.5. The molecule has 0 saturated heterocycles. The standard InChI is InChI=1S/C23H30N2O3/c1-5-21(23(27)24-6-2)25(16-18-10-12-20(28-4)13-11-18)22(26)15-19-9-7-8-17(3)14-19/h7-14,21H,5-6,15-16H2,1-4H3,(H,24,27)/t21-/m1/s1. The zero-order valence-corrected chi connectivity index (χ0v) is 17.2. The molecule has 0 aliphatic heterocycles. The van der Waals surface area contributed by atoms with Crippen molar-refractivity contribution in [3.05, 3.63) is 65.2 Å². The molecule has 0 aliphatic rings. The summed E-state index contributed by atoms with van der Waals surface area (Å²) in [7, 11) is 1.62. The second-order valence-electron chi connectivity index (χ2n) is 6.85. The zero-order valence-electron chi connectivity index (χ0n) is 17.2. The summed E-state index contributed by atoms with van der Waals surface area (Å²) in [5.74, 6) is 0.591. The van der Waals surface area contributed by atoms with E-state index in [1.54, 1.807) is 12.0 Å². The average molecular weight is 383 g/mol. The number of benzene rings is 2. The van der Waals surface area contributed by atoms with E-state index in [1.165, 1.54) is 0 Å². The van der Waals surface area contributed by atoms with Crippen LogP contribution in [0.1, 0.15) is 37.0 Å². The van der Waals surface area contributed by atoms with Crippen molar-refractivity contribution >= 4 is 11.8 Å². The molecule has 5 heteroatoms. The van der Waals surface area contributed by atoms with Crippen molar-refractivity contribution in [3.8, 4) is 5.75 Å². The van der Waals surface area contributed by atoms with Gasteiger partial charge in [0, 0.05) is 13.1 Å². The minimum Gasteiger partial charge on any atom is -0.497 e. The van der Waals surface area contributed by atoms with Crippen molar-refractivity contribution in [3.63, 3.8) is 0 Å². The number of rotatable bonds is 9. The Hall–Kier alpha value is -2.82. The number of methoxy groups -OCH3 is 1. The van der Waals surface area contributed by atoms with Crippen molar-refractivity contribution in [2.45, 2.75) is 46.2 Å². The molecule has 2 aromatic rings. The lowest BCUT2D eigenvalue weighted by atomic mass is 10.1. The van der Waals surface area contributed by atoms with E-state index in [-0.39, 0.29) is 18.2 Å². The van der Waals surface area contributed by atoms with Gasteiger partial charge in [-0.3, -0.25) is 9.59 Å². The van der Waals surface area contributed by atoms with Gasteiger partial charge in [0.2, 0.25) is 11.8 Å². The number of aryl methyl sites for hydroxylation is 1. The Balaban J connectivity index is 2.27. The van der Waals surface area contributed by atoms with Crippen molar-refractivity contribution in [1.29, 1.82) is 0 Å². The predicted octanol–water partition coefficient (Wildman–Crippen LogP) is 3.49. The predicted molar refractivity (Wildman–Crippen MR) is 111 cm³/mol. The molecule has 0 aliphatic carbocycles. The van der Waals surface area contributed by atoms with Gasteiger partial charge in [-0.15, -0.1) is 0 Å². The fourth-order valence-corrected chi connectivity index (χ4v) is 3.24. The third-order valence-corrected chi connectivity index (χ3v) is 4.69. The molecule has 0 spiro atoms. The number of carbonyl (C=O) groups is 2. The number of nitrogens with one attached hydrogen (secondary N) is 1. The molecule has 0 radical (unpaired) electrons. The van der Waals surface area contributed by atoms with Gasteiger partial charge in [-0.2, -0.15) is 0 Å². The monoisotopic (exact) mass is 382 g/mol. The molecule has 1 atom stereocenters. The van der Waals surface area contributed by atoms with Gasteiger partial charge >= 0.3 is 0 Å². The maximum Gasteiger partial charge on any atom is 0.242 e. The van der Waals surface area contributed by atoms with Crippen LogP contribution in [-0.2, 0) is 22.6 Å². The van der Waals surface area contributed by atoms with E-state index in [0.717, 1.165) is 22.4 Å². The number of carbonyl (C=O) groups excluding carboxylic acids is 2. The fraction of sp³-hybridized carbons (Fsp3) is 0.391. The normalized spacial score (nSPS) is 11.6. The van der Waals surface area contributed by atoms with E-state index in [9.17, 15) is 9.59 Å². The molecule has 28 heavy (non-hydrogen) atoms. The minimum atomic E-state index is -0.501. The first-order valence-electron chi connectivity index (χ1n) is 9.74. The highest BCUT2D eigenvalue weighted by Crippen LogP contribution is 2.17. The Kier molecular flexibility index (Phi) is 8.05. The van der Waals surface area contributed by atoms with Crippen molar-refractivity contribution in [2.75, 3.05) is 13.7 Å². The highest BCUT2D eigenvalue weighted by Gasteiger charge is 2.28. The summed E-state index contributed by atoms with van der Waals surface area (Å²) in [6.07, 6.45) is 0.829. The lowest BCUT2D eigenvalue weighted by molar-refractivity contribution is -0.140. The Morgan fingerprint density at radius 3 is 2.36 bits per heavy atom. The van der Waals surface area contributed by atoms with Gasteiger partial charge in [-0.1, -0.05) is 48.9 Å². The summed E-state index contributed by atoms with van der Waals surface area (Å²) in [6, 6.07) is 15.0. The summed E-state index contributed by atoms with van der Waals surface area (Å²) >= 11 is 0. The van der Waals surface area contributed by atoms with Gasteiger partial charge in [0.05, 0.1) is 13.5 Å². The topological polar surface area (TPSA) is 58.6 Å². The summed E-state index contributed by atoms with van der Waals surface area (Å²) in [5, 5.41) is 2.86. The Labute approximate surface area is 167 Å². The van der Waals surface area contributed by atoms with Crippen LogP contribution < -0.4 is 10.1 Å². The average Bonchev–Trinajstić information content (AvgIpc) is 2.68. The molecule has 0 bridgehead atoms. The molecule has 1 N–H and O–H groups in total. The fourth-order valence-electron chi connectivity index (χ4n) is 3.24. The van der Waals surface area contributed by atoms with E-state index in [0.29, 0.717) is 19.5 Å². The first-order valence-corrected chi connectivity index (χ1v) is 9.74. The lowest BCUT2D eigenvalue weighted by Gasteiger charge is -2.30. The number of amides is 2. The Bertz CT molecular complexity index is 787. The Morgan fingerprint density at radius 1 is 1.07 bits per heavy atom. The molecule has 0 aromatic heterocycles. The first kappa shape index (κ1) is 21.5. The van der Waals surface area contributed by atoms with Gasteiger partial charge in [-0.25, -0.2) is 0 Å². The molecule has 0 fully saturated rings. The zero-order chi connectivity index (χ0) is 20.5. The smallest absolute Gasteiger partial charge is 0.242 e. The van der Waals surface area contributed by atoms with Crippen molar-refractivity contribution in [2.24, 2.45) is 0 Å². The van der Waals surface area contributed by atoms with Crippen LogP contribution in [0.2, 0.25) is 0 Å². The SMILES string of the molecule is CCNC(=O)[C@@H](CC)N(Cc1ccc(OC)cc1)C(=O)Cc1cccc(C)c1. The van der Waals surface area contributed by atoms with E-state index < -0.39 is 6.04 Å². The Morgan fingerprint density at radius 2 is 1.79 bits per heavy atom. The second-order valence-corrected chi connectivity index (χ2v) is 6.85. The number of nitrogens with zero attached hydrogens (tertiary/aromatic N) is 1. The third-order valence-electron chi connectivity index (χ3n) is 4.69. The van der Waals surface area contributed by atoms with Crippen LogP contribution in [0.3, 0.4) is 0 Å². The van der Waals surface area contributed by atoms with Crippen LogP contribution in [0.25, 0.3) is 0 Å². The van der Waals surface area contributed by atoms with Crippen LogP contribution in [-0.4, -0.2) is 36.4 Å². The number of hydrogen-bond acceptors (Lipinski definition) is 3. The molecule has 150 valence electrons. The van der Waals surface area contributed by atoms with E-state index >= 15 is 0 Å². The van der Waals surface area contributed by atoms with Crippen LogP contribution in [0.4, 0.5) is 0 Å². The van der Waals surface area contributed by atoms with Crippen molar-refractivity contribution in [1.82, 2.24) is 10.2 Å². The van der Waals surface area contributed by atoms with Crippen LogP contribution in [0.15, 0.2) is 48.5 Å². The maximum absolute atomic E-state index is 13.2. The third kappa shape index (κ3) is 5.84. The van der Waals surface area contributed by atoms with E-state index in [1.807, 2.05) is 69.3 Å². The van der Waals surface area contributed by atoms with Gasteiger partial charge in [0.1, 0.15) is 11.8 Å². The maximum atomic E-state index is 13.2. The molecule has 0 saturated carbocycles. The number of hydrogen-bond donors (Lipinski definition) is 1. The summed E-state index contributed by atoms with van der Waals surface area (Å²) in [5.41, 5.74) is 3.03. The highest BCUT2D eigenvalue weighted by molar-refractivity contribution is 5.88. The van der Waals surface area contributed by atoms with Crippen LogP contribution in [0.5, 0.6) is 5.75 Å². The molecule has 2 aromatic carbocycles. The lowest BCUT2D eigenvalue weighted by Crippen LogP contribution is -2.49. The number of ether oxygens (including phenoxy) is 1. The number of likely N-dealkylation sites (N-methyl/N-ethyl adjacent to an activating group) is 1. The van der Waals surface area contributed by atoms with Gasteiger partial charge < -0.3 is 15.0 Å². The van der Waals surface area contributed by atoms with E-state index in [4.69, 9.17) is 4.74 Å². The van der Waals surface area contributed by atoms with Crippen LogP contribution in [0, 0.1) is 6.92 Å². The van der Waals surface area contributed by atoms with Gasteiger partial charge in [0.15, 0.2) is 0 Å². The molecule has 2 amide bonds. The van der Waals surface area contributed by atoms with Crippen molar-refractivity contribution < 1.29 is 14.3 Å². The van der Waals surface area contributed by atoms with Gasteiger partial charge in [-0.05, 0) is 43.5 Å². The molecule has 5 nitrogen and oxygen atoms in total. The van der Waals surface area contributed by atoms with Gasteiger partial charge in [0.25, 0.3) is 0 Å². The van der Waals surface area contributed by atoms with Crippen LogP contribution >= 0.6 is 0 Å². The molecular weight excluding hydrogens is 352 g/mol. The molecular formula is C23H30N2O3. The quantitative estimate of drug-likeness (QED) is 0.722.